The smallest absolute Gasteiger partial charge is 0.229 e. The molecule has 0 rings (SSSR count). The maximum Gasteiger partial charge on any atom is 0.229 e. The minimum atomic E-state index is -0.0136. The first-order chi connectivity index (χ1) is 4.81. The van der Waals surface area contributed by atoms with E-state index in [1.807, 2.05) is 0 Å². The molecule has 0 aromatic carbocycles. The molecule has 0 aromatic heterocycles. The number of nitrogens with one attached hydrogen (secondary N) is 1. The van der Waals surface area contributed by atoms with Crippen molar-refractivity contribution < 1.29 is 4.79 Å². The van der Waals surface area contributed by atoms with Gasteiger partial charge < -0.3 is 11.1 Å². The molecule has 0 aliphatic heterocycles. The van der Waals surface area contributed by atoms with Gasteiger partial charge in [-0.05, 0) is 19.4 Å². The number of carbonyl (C=O) groups is 1. The number of hydrogen-bond donors (Lipinski definition) is 3. The molecule has 3 N–H and O–H groups in total. The van der Waals surface area contributed by atoms with E-state index < -0.39 is 0 Å². The molecule has 1 amide bonds. The van der Waals surface area contributed by atoms with E-state index in [-0.39, 0.29) is 11.7 Å². The van der Waals surface area contributed by atoms with Crippen LogP contribution < -0.4 is 11.1 Å². The van der Waals surface area contributed by atoms with Crippen molar-refractivity contribution >= 4 is 18.5 Å². The van der Waals surface area contributed by atoms with Crippen LogP contribution in [0.3, 0.4) is 0 Å². The summed E-state index contributed by atoms with van der Waals surface area (Å²) in [7, 11) is 0. The average Bonchev–Trinajstić information content (AvgIpc) is 1.98. The molecular weight excluding hydrogens is 148 g/mol. The lowest BCUT2D eigenvalue weighted by Gasteiger charge is -2.00. The highest BCUT2D eigenvalue weighted by molar-refractivity contribution is 7.81. The summed E-state index contributed by atoms with van der Waals surface area (Å²) < 4.78 is 0. The Bertz CT molecular complexity index is 97.7. The molecule has 0 aliphatic carbocycles. The number of rotatable bonds is 5. The molecule has 0 atom stereocenters. The van der Waals surface area contributed by atoms with Gasteiger partial charge in [-0.25, -0.2) is 0 Å². The molecule has 0 unspecified atom stereocenters. The van der Waals surface area contributed by atoms with E-state index in [0.29, 0.717) is 6.54 Å². The third-order valence-electron chi connectivity index (χ3n) is 1.10. The standard InChI is InChI=1S/C6H14N2OS/c7-3-1-2-4-8-6(9)5-10/h10H,1-5,7H2,(H,8,9). The molecule has 60 valence electrons. The van der Waals surface area contributed by atoms with Crippen molar-refractivity contribution in [1.82, 2.24) is 5.32 Å². The normalized spacial score (nSPS) is 9.40. The largest absolute Gasteiger partial charge is 0.355 e. The van der Waals surface area contributed by atoms with Gasteiger partial charge in [0.05, 0.1) is 5.75 Å². The summed E-state index contributed by atoms with van der Waals surface area (Å²) in [5.74, 6) is 0.253. The first kappa shape index (κ1) is 9.78. The van der Waals surface area contributed by atoms with Gasteiger partial charge in [0.15, 0.2) is 0 Å². The number of nitrogens with two attached hydrogens (primary N) is 1. The molecule has 0 heterocycles. The van der Waals surface area contributed by atoms with Crippen molar-refractivity contribution in [3.8, 4) is 0 Å². The Kier molecular flexibility index (Phi) is 6.74. The molecule has 0 aliphatic rings. The number of thiol groups is 1. The van der Waals surface area contributed by atoms with Crippen LogP contribution in [0.2, 0.25) is 0 Å². The third-order valence-corrected chi connectivity index (χ3v) is 1.38. The van der Waals surface area contributed by atoms with E-state index in [4.69, 9.17) is 5.73 Å². The van der Waals surface area contributed by atoms with E-state index in [1.165, 1.54) is 0 Å². The Morgan fingerprint density at radius 2 is 2.20 bits per heavy atom. The second kappa shape index (κ2) is 6.89. The Hall–Kier alpha value is -0.220. The van der Waals surface area contributed by atoms with Crippen molar-refractivity contribution in [1.29, 1.82) is 0 Å². The Labute approximate surface area is 66.8 Å². The highest BCUT2D eigenvalue weighted by Gasteiger charge is 1.93. The topological polar surface area (TPSA) is 55.1 Å². The quantitative estimate of drug-likeness (QED) is 0.386. The summed E-state index contributed by atoms with van der Waals surface area (Å²) in [6.45, 7) is 1.41. The van der Waals surface area contributed by atoms with Crippen LogP contribution in [0, 0.1) is 0 Å². The minimum absolute atomic E-state index is 0.0136. The van der Waals surface area contributed by atoms with Crippen LogP contribution in [0.25, 0.3) is 0 Å². The summed E-state index contributed by atoms with van der Waals surface area (Å²) in [5, 5.41) is 2.70. The number of amides is 1. The van der Waals surface area contributed by atoms with Crippen molar-refractivity contribution in [2.75, 3.05) is 18.8 Å². The highest BCUT2D eigenvalue weighted by Crippen LogP contribution is 1.82. The van der Waals surface area contributed by atoms with Crippen LogP contribution in [-0.2, 0) is 4.79 Å². The number of unbranched alkanes of at least 4 members (excludes halogenated alkanes) is 1. The lowest BCUT2D eigenvalue weighted by Crippen LogP contribution is -2.25. The van der Waals surface area contributed by atoms with Gasteiger partial charge in [-0.2, -0.15) is 12.6 Å². The Morgan fingerprint density at radius 1 is 1.50 bits per heavy atom. The van der Waals surface area contributed by atoms with E-state index >= 15 is 0 Å². The Morgan fingerprint density at radius 3 is 2.70 bits per heavy atom. The van der Waals surface area contributed by atoms with Gasteiger partial charge in [0.25, 0.3) is 0 Å². The van der Waals surface area contributed by atoms with E-state index in [0.717, 1.165) is 19.4 Å². The van der Waals surface area contributed by atoms with Crippen molar-refractivity contribution in [2.24, 2.45) is 5.73 Å². The lowest BCUT2D eigenvalue weighted by molar-refractivity contribution is -0.118. The van der Waals surface area contributed by atoms with Gasteiger partial charge in [-0.3, -0.25) is 4.79 Å². The fourth-order valence-electron chi connectivity index (χ4n) is 0.553. The monoisotopic (exact) mass is 162 g/mol. The summed E-state index contributed by atoms with van der Waals surface area (Å²) in [4.78, 5) is 10.6. The summed E-state index contributed by atoms with van der Waals surface area (Å²) in [5.41, 5.74) is 5.25. The molecule has 0 bridgehead atoms. The molecule has 4 heteroatoms. The second-order valence-electron chi connectivity index (χ2n) is 2.00. The predicted molar refractivity (Wildman–Crippen MR) is 45.2 cm³/mol. The number of hydrogen-bond acceptors (Lipinski definition) is 3. The fourth-order valence-corrected chi connectivity index (χ4v) is 0.665. The van der Waals surface area contributed by atoms with Gasteiger partial charge in [-0.1, -0.05) is 0 Å². The van der Waals surface area contributed by atoms with Crippen molar-refractivity contribution in [3.63, 3.8) is 0 Å². The first-order valence-electron chi connectivity index (χ1n) is 3.39. The van der Waals surface area contributed by atoms with Crippen molar-refractivity contribution in [2.45, 2.75) is 12.8 Å². The molecule has 0 saturated heterocycles. The molecule has 0 spiro atoms. The molecule has 10 heavy (non-hydrogen) atoms. The minimum Gasteiger partial charge on any atom is -0.355 e. The van der Waals surface area contributed by atoms with E-state index in [9.17, 15) is 4.79 Å². The van der Waals surface area contributed by atoms with Gasteiger partial charge in [0.2, 0.25) is 5.91 Å². The van der Waals surface area contributed by atoms with E-state index in [2.05, 4.69) is 17.9 Å². The van der Waals surface area contributed by atoms with Gasteiger partial charge in [-0.15, -0.1) is 0 Å². The van der Waals surface area contributed by atoms with Gasteiger partial charge in [0.1, 0.15) is 0 Å². The molecule has 0 radical (unpaired) electrons. The Balaban J connectivity index is 2.96. The van der Waals surface area contributed by atoms with Crippen LogP contribution in [0.5, 0.6) is 0 Å². The third kappa shape index (κ3) is 5.91. The fraction of sp³-hybridized carbons (Fsp3) is 0.833. The lowest BCUT2D eigenvalue weighted by atomic mass is 10.3. The maximum absolute atomic E-state index is 10.6. The molecule has 0 saturated carbocycles. The molecule has 0 fully saturated rings. The second-order valence-corrected chi connectivity index (χ2v) is 2.32. The zero-order valence-electron chi connectivity index (χ0n) is 5.97. The van der Waals surface area contributed by atoms with Crippen LogP contribution in [0.15, 0.2) is 0 Å². The van der Waals surface area contributed by atoms with Gasteiger partial charge in [0, 0.05) is 6.54 Å². The summed E-state index contributed by atoms with van der Waals surface area (Å²) in [6.07, 6.45) is 1.92. The zero-order chi connectivity index (χ0) is 7.82. The maximum atomic E-state index is 10.6. The summed E-state index contributed by atoms with van der Waals surface area (Å²) in [6, 6.07) is 0. The highest BCUT2D eigenvalue weighted by atomic mass is 32.1. The summed E-state index contributed by atoms with van der Waals surface area (Å²) >= 11 is 3.80. The first-order valence-corrected chi connectivity index (χ1v) is 4.02. The van der Waals surface area contributed by atoms with Crippen LogP contribution >= 0.6 is 12.6 Å². The average molecular weight is 162 g/mol. The van der Waals surface area contributed by atoms with E-state index in [1.54, 1.807) is 0 Å². The van der Waals surface area contributed by atoms with Crippen LogP contribution in [0.4, 0.5) is 0 Å². The predicted octanol–water partition coefficient (Wildman–Crippen LogP) is -0.229. The molecule has 3 nitrogen and oxygen atoms in total. The van der Waals surface area contributed by atoms with Crippen molar-refractivity contribution in [3.05, 3.63) is 0 Å². The molecular formula is C6H14N2OS. The van der Waals surface area contributed by atoms with Crippen LogP contribution in [0.1, 0.15) is 12.8 Å². The number of carbonyl (C=O) groups excluding carboxylic acids is 1. The van der Waals surface area contributed by atoms with Gasteiger partial charge >= 0.3 is 0 Å². The SMILES string of the molecule is NCCCCNC(=O)CS. The molecule has 0 aromatic rings. The van der Waals surface area contributed by atoms with Crippen LogP contribution in [-0.4, -0.2) is 24.7 Å². The zero-order valence-corrected chi connectivity index (χ0v) is 6.86.